The van der Waals surface area contributed by atoms with Crippen molar-refractivity contribution in [2.24, 2.45) is 4.99 Å². The second-order valence-electron chi connectivity index (χ2n) is 2.75. The second kappa shape index (κ2) is 7.27. The van der Waals surface area contributed by atoms with Gasteiger partial charge in [0.15, 0.2) is 0 Å². The van der Waals surface area contributed by atoms with E-state index in [4.69, 9.17) is 15.5 Å². The highest BCUT2D eigenvalue weighted by molar-refractivity contribution is 7.16. The highest BCUT2D eigenvalue weighted by Crippen LogP contribution is 2.23. The number of hydrogen-bond donors (Lipinski definition) is 0. The molecule has 0 radical (unpaired) electrons. The molecule has 13 heavy (non-hydrogen) atoms. The summed E-state index contributed by atoms with van der Waals surface area (Å²) < 4.78 is 5.52. The third-order valence-corrected chi connectivity index (χ3v) is 6.47. The van der Waals surface area contributed by atoms with Gasteiger partial charge in [0.1, 0.15) is 0 Å². The average molecular weight is 222 g/mol. The molecule has 0 fully saturated rings. The molecule has 76 valence electrons. The fourth-order valence-electron chi connectivity index (χ4n) is 1.08. The molecule has 0 spiro atoms. The minimum Gasteiger partial charge on any atom is -0.403 e. The third kappa shape index (κ3) is 5.99. The van der Waals surface area contributed by atoms with E-state index in [1.54, 1.807) is 0 Å². The molecule has 1 unspecified atom stereocenters. The van der Waals surface area contributed by atoms with Gasteiger partial charge in [-0.15, -0.1) is 11.1 Å². The number of hydrogen-bond acceptors (Lipinski definition) is 3. The zero-order valence-corrected chi connectivity index (χ0v) is 9.93. The third-order valence-electron chi connectivity index (χ3n) is 1.82. The molecule has 0 aromatic carbocycles. The maximum absolute atomic E-state index is 9.78. The number of carbonyl (C=O) groups excluding carboxylic acids is 1. The predicted octanol–water partition coefficient (Wildman–Crippen LogP) is 2.45. The summed E-state index contributed by atoms with van der Waals surface area (Å²) in [6, 6.07) is 1.75. The lowest BCUT2D eigenvalue weighted by molar-refractivity contribution is 0.334. The molecular formula is C8H16ClNO2Si. The minimum atomic E-state index is -1.99. The number of isocyanates is 1. The zero-order chi connectivity index (χ0) is 10.2. The molecule has 0 bridgehead atoms. The van der Waals surface area contributed by atoms with E-state index < -0.39 is 7.63 Å². The zero-order valence-electron chi connectivity index (χ0n) is 8.18. The fourth-order valence-corrected chi connectivity index (χ4v) is 3.71. The van der Waals surface area contributed by atoms with Crippen molar-refractivity contribution < 1.29 is 9.22 Å². The van der Waals surface area contributed by atoms with Gasteiger partial charge in [-0.25, -0.2) is 9.79 Å². The molecule has 0 aliphatic carbocycles. The number of aliphatic imine (C=N–C) groups is 1. The predicted molar refractivity (Wildman–Crippen MR) is 56.1 cm³/mol. The molecule has 5 heteroatoms. The number of rotatable bonds is 7. The summed E-state index contributed by atoms with van der Waals surface area (Å²) in [4.78, 5) is 13.3. The molecule has 0 saturated heterocycles. The first-order valence-electron chi connectivity index (χ1n) is 4.55. The molecule has 0 aromatic heterocycles. The standard InChI is InChI=1S/C8H16ClNO2Si/c1-3-12-13(9,4-2)7-5-6-10-8-11/h3-7H2,1-2H3. The monoisotopic (exact) mass is 221 g/mol. The molecule has 0 amide bonds. The van der Waals surface area contributed by atoms with E-state index in [-0.39, 0.29) is 0 Å². The number of halogens is 1. The van der Waals surface area contributed by atoms with Crippen molar-refractivity contribution in [2.75, 3.05) is 13.2 Å². The Kier molecular flexibility index (Phi) is 7.18. The van der Waals surface area contributed by atoms with Gasteiger partial charge in [-0.05, 0) is 25.4 Å². The summed E-state index contributed by atoms with van der Waals surface area (Å²) in [5.74, 6) is 0. The quantitative estimate of drug-likeness (QED) is 0.218. The lowest BCUT2D eigenvalue weighted by atomic mass is 10.5. The molecule has 0 heterocycles. The van der Waals surface area contributed by atoms with E-state index in [0.29, 0.717) is 13.2 Å². The van der Waals surface area contributed by atoms with Gasteiger partial charge in [0.2, 0.25) is 6.08 Å². The van der Waals surface area contributed by atoms with Crippen LogP contribution >= 0.6 is 11.1 Å². The van der Waals surface area contributed by atoms with E-state index in [1.807, 2.05) is 13.8 Å². The summed E-state index contributed by atoms with van der Waals surface area (Å²) >= 11 is 6.28. The maximum Gasteiger partial charge on any atom is 0.289 e. The van der Waals surface area contributed by atoms with Crippen molar-refractivity contribution in [1.29, 1.82) is 0 Å². The molecule has 0 rings (SSSR count). The maximum atomic E-state index is 9.78. The van der Waals surface area contributed by atoms with Crippen LogP contribution in [0.4, 0.5) is 0 Å². The first-order chi connectivity index (χ1) is 6.18. The van der Waals surface area contributed by atoms with Crippen LogP contribution in [0.25, 0.3) is 0 Å². The Morgan fingerprint density at radius 2 is 2.23 bits per heavy atom. The van der Waals surface area contributed by atoms with E-state index in [9.17, 15) is 4.79 Å². The first kappa shape index (κ1) is 12.8. The molecule has 0 aromatic rings. The summed E-state index contributed by atoms with van der Waals surface area (Å²) in [5, 5.41) is 0. The van der Waals surface area contributed by atoms with Crippen molar-refractivity contribution in [3.05, 3.63) is 0 Å². The molecule has 0 aliphatic heterocycles. The van der Waals surface area contributed by atoms with E-state index in [0.717, 1.165) is 18.5 Å². The second-order valence-corrected chi connectivity index (χ2v) is 8.07. The normalized spacial score (nSPS) is 14.7. The molecule has 1 atom stereocenters. The van der Waals surface area contributed by atoms with Crippen LogP contribution < -0.4 is 0 Å². The van der Waals surface area contributed by atoms with Gasteiger partial charge in [-0.2, -0.15) is 0 Å². The van der Waals surface area contributed by atoms with Gasteiger partial charge < -0.3 is 4.43 Å². The Morgan fingerprint density at radius 3 is 2.69 bits per heavy atom. The van der Waals surface area contributed by atoms with Crippen LogP contribution in [0.15, 0.2) is 4.99 Å². The lowest BCUT2D eigenvalue weighted by Crippen LogP contribution is -2.30. The summed E-state index contributed by atoms with van der Waals surface area (Å²) in [5.41, 5.74) is 0. The SMILES string of the molecule is CCO[Si](Cl)(CC)CCCN=C=O. The molecule has 3 nitrogen and oxygen atoms in total. The van der Waals surface area contributed by atoms with Gasteiger partial charge >= 0.3 is 0 Å². The van der Waals surface area contributed by atoms with E-state index in [1.165, 1.54) is 6.08 Å². The van der Waals surface area contributed by atoms with Gasteiger partial charge in [0.25, 0.3) is 7.63 Å². The van der Waals surface area contributed by atoms with Crippen molar-refractivity contribution in [3.63, 3.8) is 0 Å². The van der Waals surface area contributed by atoms with Gasteiger partial charge in [-0.1, -0.05) is 6.92 Å². The van der Waals surface area contributed by atoms with Crippen LogP contribution in [0.5, 0.6) is 0 Å². The van der Waals surface area contributed by atoms with Crippen molar-refractivity contribution in [3.8, 4) is 0 Å². The van der Waals surface area contributed by atoms with Crippen molar-refractivity contribution >= 4 is 24.8 Å². The van der Waals surface area contributed by atoms with Gasteiger partial charge in [-0.3, -0.25) is 0 Å². The average Bonchev–Trinajstić information content (AvgIpc) is 2.13. The topological polar surface area (TPSA) is 38.7 Å². The number of nitrogens with zero attached hydrogens (tertiary/aromatic N) is 1. The highest BCUT2D eigenvalue weighted by Gasteiger charge is 2.29. The van der Waals surface area contributed by atoms with Crippen LogP contribution in [-0.4, -0.2) is 26.9 Å². The Labute approximate surface area is 85.0 Å². The molecule has 0 N–H and O–H groups in total. The molecule has 0 aliphatic rings. The molecule has 0 saturated carbocycles. The van der Waals surface area contributed by atoms with Gasteiger partial charge in [0, 0.05) is 6.61 Å². The van der Waals surface area contributed by atoms with Crippen LogP contribution in [0.1, 0.15) is 20.3 Å². The largest absolute Gasteiger partial charge is 0.403 e. The minimum absolute atomic E-state index is 0.512. The van der Waals surface area contributed by atoms with Crippen molar-refractivity contribution in [1.82, 2.24) is 0 Å². The van der Waals surface area contributed by atoms with E-state index >= 15 is 0 Å². The first-order valence-corrected chi connectivity index (χ1v) is 7.88. The summed E-state index contributed by atoms with van der Waals surface area (Å²) in [6.07, 6.45) is 2.33. The summed E-state index contributed by atoms with van der Waals surface area (Å²) in [7, 11) is -1.99. The van der Waals surface area contributed by atoms with Crippen LogP contribution in [0.2, 0.25) is 12.1 Å². The van der Waals surface area contributed by atoms with Crippen LogP contribution in [-0.2, 0) is 9.22 Å². The van der Waals surface area contributed by atoms with Crippen molar-refractivity contribution in [2.45, 2.75) is 32.4 Å². The lowest BCUT2D eigenvalue weighted by Gasteiger charge is -2.21. The Hall–Kier alpha value is -0.153. The van der Waals surface area contributed by atoms with E-state index in [2.05, 4.69) is 4.99 Å². The Morgan fingerprint density at radius 1 is 1.54 bits per heavy atom. The smallest absolute Gasteiger partial charge is 0.289 e. The summed E-state index contributed by atoms with van der Waals surface area (Å²) in [6.45, 7) is 5.17. The molecular weight excluding hydrogens is 206 g/mol. The van der Waals surface area contributed by atoms with Crippen LogP contribution in [0, 0.1) is 0 Å². The van der Waals surface area contributed by atoms with Crippen LogP contribution in [0.3, 0.4) is 0 Å². The van der Waals surface area contributed by atoms with Gasteiger partial charge in [0.05, 0.1) is 6.54 Å². The Bertz CT molecular complexity index is 185. The Balaban J connectivity index is 3.75. The fraction of sp³-hybridized carbons (Fsp3) is 0.875. The highest BCUT2D eigenvalue weighted by atomic mass is 35.6.